The first-order chi connectivity index (χ1) is 7.43. The number of benzene rings is 1. The molecule has 0 aliphatic rings. The van der Waals surface area contributed by atoms with Crippen LogP contribution in [-0.2, 0) is 6.18 Å². The summed E-state index contributed by atoms with van der Waals surface area (Å²) in [4.78, 5) is 0. The quantitative estimate of drug-likeness (QED) is 0.837. The van der Waals surface area contributed by atoms with Crippen LogP contribution in [-0.4, -0.2) is 13.1 Å². The molecule has 0 bridgehead atoms. The summed E-state index contributed by atoms with van der Waals surface area (Å²) in [7, 11) is 0. The van der Waals surface area contributed by atoms with Crippen LogP contribution in [0.25, 0.3) is 0 Å². The van der Waals surface area contributed by atoms with Crippen LogP contribution < -0.4 is 11.1 Å². The fourth-order valence-electron chi connectivity index (χ4n) is 1.15. The van der Waals surface area contributed by atoms with Gasteiger partial charge in [-0.25, -0.2) is 0 Å². The van der Waals surface area contributed by atoms with E-state index in [1.807, 2.05) is 6.92 Å². The molecule has 0 saturated carbocycles. The van der Waals surface area contributed by atoms with Crippen molar-refractivity contribution >= 4 is 5.69 Å². The Morgan fingerprint density at radius 3 is 2.25 bits per heavy atom. The summed E-state index contributed by atoms with van der Waals surface area (Å²) in [6.45, 7) is 3.17. The molecule has 90 valence electrons. The van der Waals surface area contributed by atoms with Crippen LogP contribution in [0.4, 0.5) is 18.9 Å². The fourth-order valence-corrected chi connectivity index (χ4v) is 1.15. The van der Waals surface area contributed by atoms with Crippen molar-refractivity contribution in [2.75, 3.05) is 18.4 Å². The molecule has 5 heteroatoms. The van der Waals surface area contributed by atoms with Gasteiger partial charge in [0.1, 0.15) is 0 Å². The van der Waals surface area contributed by atoms with E-state index < -0.39 is 11.7 Å². The summed E-state index contributed by atoms with van der Waals surface area (Å²) >= 11 is 0. The van der Waals surface area contributed by atoms with Crippen molar-refractivity contribution in [3.05, 3.63) is 29.8 Å². The molecule has 1 atom stereocenters. The third kappa shape index (κ3) is 3.73. The van der Waals surface area contributed by atoms with Gasteiger partial charge in [0.2, 0.25) is 0 Å². The lowest BCUT2D eigenvalue weighted by atomic mass is 10.1. The van der Waals surface area contributed by atoms with E-state index in [0.29, 0.717) is 24.7 Å². The molecule has 0 amide bonds. The zero-order valence-electron chi connectivity index (χ0n) is 9.01. The predicted octanol–water partition coefficient (Wildman–Crippen LogP) is 2.71. The van der Waals surface area contributed by atoms with Gasteiger partial charge >= 0.3 is 6.18 Å². The predicted molar refractivity (Wildman–Crippen MR) is 58.2 cm³/mol. The van der Waals surface area contributed by atoms with Gasteiger partial charge in [0, 0.05) is 12.2 Å². The van der Waals surface area contributed by atoms with Gasteiger partial charge in [-0.15, -0.1) is 0 Å². The molecule has 0 aliphatic carbocycles. The van der Waals surface area contributed by atoms with Gasteiger partial charge in [-0.1, -0.05) is 6.92 Å². The first kappa shape index (κ1) is 12.8. The Kier molecular flexibility index (Phi) is 4.18. The van der Waals surface area contributed by atoms with Crippen molar-refractivity contribution in [2.24, 2.45) is 11.7 Å². The monoisotopic (exact) mass is 232 g/mol. The average Bonchev–Trinajstić information content (AvgIpc) is 2.25. The molecular formula is C11H15F3N2. The second kappa shape index (κ2) is 5.21. The van der Waals surface area contributed by atoms with E-state index >= 15 is 0 Å². The Morgan fingerprint density at radius 2 is 1.81 bits per heavy atom. The maximum Gasteiger partial charge on any atom is 0.416 e. The van der Waals surface area contributed by atoms with E-state index in [9.17, 15) is 13.2 Å². The van der Waals surface area contributed by atoms with Gasteiger partial charge in [-0.2, -0.15) is 13.2 Å². The highest BCUT2D eigenvalue weighted by Crippen LogP contribution is 2.29. The van der Waals surface area contributed by atoms with Crippen LogP contribution in [0.5, 0.6) is 0 Å². The lowest BCUT2D eigenvalue weighted by Gasteiger charge is -2.12. The lowest BCUT2D eigenvalue weighted by molar-refractivity contribution is -0.137. The highest BCUT2D eigenvalue weighted by molar-refractivity contribution is 5.45. The molecule has 0 heterocycles. The molecule has 0 fully saturated rings. The molecule has 3 N–H and O–H groups in total. The summed E-state index contributed by atoms with van der Waals surface area (Å²) in [5.74, 6) is 0.294. The SMILES string of the molecule is CC(CN)CNc1ccc(C(F)(F)F)cc1. The Labute approximate surface area is 92.6 Å². The average molecular weight is 232 g/mol. The van der Waals surface area contributed by atoms with Crippen LogP contribution in [0.15, 0.2) is 24.3 Å². The van der Waals surface area contributed by atoms with Crippen LogP contribution in [0, 0.1) is 5.92 Å². The molecule has 1 aromatic rings. The van der Waals surface area contributed by atoms with Crippen LogP contribution in [0.1, 0.15) is 12.5 Å². The van der Waals surface area contributed by atoms with E-state index in [4.69, 9.17) is 5.73 Å². The Hall–Kier alpha value is -1.23. The number of nitrogens with one attached hydrogen (secondary N) is 1. The number of hydrogen-bond acceptors (Lipinski definition) is 2. The molecule has 0 radical (unpaired) electrons. The Bertz CT molecular complexity index is 319. The topological polar surface area (TPSA) is 38.0 Å². The number of hydrogen-bond donors (Lipinski definition) is 2. The van der Waals surface area contributed by atoms with Gasteiger partial charge in [-0.3, -0.25) is 0 Å². The molecule has 0 aliphatic heterocycles. The number of nitrogens with two attached hydrogens (primary N) is 1. The van der Waals surface area contributed by atoms with Crippen molar-refractivity contribution in [3.8, 4) is 0 Å². The summed E-state index contributed by atoms with van der Waals surface area (Å²) in [6, 6.07) is 4.98. The minimum atomic E-state index is -4.27. The summed E-state index contributed by atoms with van der Waals surface area (Å²) in [5, 5.41) is 3.03. The van der Waals surface area contributed by atoms with Gasteiger partial charge in [-0.05, 0) is 36.7 Å². The van der Waals surface area contributed by atoms with E-state index in [1.54, 1.807) is 0 Å². The fraction of sp³-hybridized carbons (Fsp3) is 0.455. The second-order valence-corrected chi connectivity index (χ2v) is 3.80. The smallest absolute Gasteiger partial charge is 0.385 e. The summed E-state index contributed by atoms with van der Waals surface area (Å²) in [6.07, 6.45) is -4.27. The summed E-state index contributed by atoms with van der Waals surface area (Å²) in [5.41, 5.74) is 5.47. The van der Waals surface area contributed by atoms with Crippen molar-refractivity contribution in [2.45, 2.75) is 13.1 Å². The molecule has 1 unspecified atom stereocenters. The third-order valence-electron chi connectivity index (χ3n) is 2.27. The zero-order valence-corrected chi connectivity index (χ0v) is 9.01. The molecule has 1 rings (SSSR count). The maximum absolute atomic E-state index is 12.3. The molecule has 1 aromatic carbocycles. The van der Waals surface area contributed by atoms with Crippen molar-refractivity contribution in [3.63, 3.8) is 0 Å². The van der Waals surface area contributed by atoms with Gasteiger partial charge in [0.25, 0.3) is 0 Å². The number of halogens is 3. The van der Waals surface area contributed by atoms with Gasteiger partial charge in [0.05, 0.1) is 5.56 Å². The molecule has 0 spiro atoms. The lowest BCUT2D eigenvalue weighted by Crippen LogP contribution is -2.19. The number of rotatable bonds is 4. The van der Waals surface area contributed by atoms with Gasteiger partial charge in [0.15, 0.2) is 0 Å². The van der Waals surface area contributed by atoms with E-state index in [1.165, 1.54) is 12.1 Å². The van der Waals surface area contributed by atoms with E-state index in [-0.39, 0.29) is 0 Å². The highest BCUT2D eigenvalue weighted by atomic mass is 19.4. The third-order valence-corrected chi connectivity index (χ3v) is 2.27. The van der Waals surface area contributed by atoms with Gasteiger partial charge < -0.3 is 11.1 Å². The van der Waals surface area contributed by atoms with Crippen LogP contribution in [0.2, 0.25) is 0 Å². The minimum Gasteiger partial charge on any atom is -0.385 e. The second-order valence-electron chi connectivity index (χ2n) is 3.80. The number of alkyl halides is 3. The van der Waals surface area contributed by atoms with Crippen molar-refractivity contribution in [1.29, 1.82) is 0 Å². The zero-order chi connectivity index (χ0) is 12.2. The molecule has 0 aromatic heterocycles. The first-order valence-electron chi connectivity index (χ1n) is 5.04. The van der Waals surface area contributed by atoms with Crippen LogP contribution in [0.3, 0.4) is 0 Å². The standard InChI is InChI=1S/C11H15F3N2/c1-8(6-15)7-16-10-4-2-9(3-5-10)11(12,13)14/h2-5,8,16H,6-7,15H2,1H3. The molecule has 2 nitrogen and oxygen atoms in total. The Morgan fingerprint density at radius 1 is 1.25 bits per heavy atom. The number of anilines is 1. The normalized spacial score (nSPS) is 13.6. The molecule has 0 saturated heterocycles. The van der Waals surface area contributed by atoms with Crippen LogP contribution >= 0.6 is 0 Å². The van der Waals surface area contributed by atoms with Crippen molar-refractivity contribution in [1.82, 2.24) is 0 Å². The van der Waals surface area contributed by atoms with Crippen molar-refractivity contribution < 1.29 is 13.2 Å². The minimum absolute atomic E-state index is 0.294. The molecule has 16 heavy (non-hydrogen) atoms. The summed E-state index contributed by atoms with van der Waals surface area (Å²) < 4.78 is 36.8. The van der Waals surface area contributed by atoms with E-state index in [2.05, 4.69) is 5.32 Å². The van der Waals surface area contributed by atoms with E-state index in [0.717, 1.165) is 12.1 Å². The maximum atomic E-state index is 12.3. The largest absolute Gasteiger partial charge is 0.416 e. The highest BCUT2D eigenvalue weighted by Gasteiger charge is 2.29. The first-order valence-corrected chi connectivity index (χ1v) is 5.04. The Balaban J connectivity index is 2.58. The molecular weight excluding hydrogens is 217 g/mol.